The van der Waals surface area contributed by atoms with Crippen LogP contribution in [0.25, 0.3) is 0 Å². The molecule has 0 saturated carbocycles. The highest BCUT2D eigenvalue weighted by atomic mass is 15.1. The van der Waals surface area contributed by atoms with Crippen molar-refractivity contribution in [1.29, 1.82) is 0 Å². The lowest BCUT2D eigenvalue weighted by Gasteiger charge is -2.19. The first-order chi connectivity index (χ1) is 6.29. The van der Waals surface area contributed by atoms with Crippen LogP contribution in [0.3, 0.4) is 0 Å². The first kappa shape index (κ1) is 8.75. The Bertz CT molecular complexity index is 290. The molecule has 0 bridgehead atoms. The summed E-state index contributed by atoms with van der Waals surface area (Å²) in [6.07, 6.45) is 6.56. The Morgan fingerprint density at radius 1 is 1.69 bits per heavy atom. The summed E-state index contributed by atoms with van der Waals surface area (Å²) in [5.41, 5.74) is 7.11. The molecule has 0 radical (unpaired) electrons. The van der Waals surface area contributed by atoms with E-state index in [1.165, 1.54) is 17.9 Å². The minimum Gasteiger partial charge on any atom is -0.333 e. The lowest BCUT2D eigenvalue weighted by Crippen LogP contribution is -2.31. The first-order valence-electron chi connectivity index (χ1n) is 5.10. The van der Waals surface area contributed by atoms with E-state index in [1.54, 1.807) is 0 Å². The number of nitrogens with zero attached hydrogens (tertiary/aromatic N) is 2. The van der Waals surface area contributed by atoms with Gasteiger partial charge in [0.25, 0.3) is 0 Å². The third-order valence-electron chi connectivity index (χ3n) is 2.59. The third kappa shape index (κ3) is 1.75. The lowest BCUT2D eigenvalue weighted by molar-refractivity contribution is 0.453. The average Bonchev–Trinajstić information content (AvgIpc) is 2.46. The maximum atomic E-state index is 5.88. The molecule has 3 nitrogen and oxygen atoms in total. The Labute approximate surface area is 79.0 Å². The highest BCUT2D eigenvalue weighted by Gasteiger charge is 2.16. The van der Waals surface area contributed by atoms with Gasteiger partial charge in [-0.05, 0) is 12.8 Å². The van der Waals surface area contributed by atoms with Crippen LogP contribution in [0.15, 0.2) is 6.20 Å². The maximum absolute atomic E-state index is 5.88. The molecule has 1 aromatic rings. The van der Waals surface area contributed by atoms with E-state index in [0.29, 0.717) is 6.04 Å². The number of aryl methyl sites for hydroxylation is 2. The smallest absolute Gasteiger partial charge is 0.109 e. The summed E-state index contributed by atoms with van der Waals surface area (Å²) in [7, 11) is 0. The van der Waals surface area contributed by atoms with Crippen LogP contribution in [0.1, 0.15) is 31.3 Å². The van der Waals surface area contributed by atoms with E-state index in [4.69, 9.17) is 5.73 Å². The zero-order chi connectivity index (χ0) is 9.26. The van der Waals surface area contributed by atoms with Crippen LogP contribution in [0, 0.1) is 0 Å². The molecule has 72 valence electrons. The normalized spacial score (nSPS) is 21.5. The van der Waals surface area contributed by atoms with Crippen molar-refractivity contribution in [3.05, 3.63) is 17.7 Å². The van der Waals surface area contributed by atoms with Crippen molar-refractivity contribution in [2.45, 2.75) is 45.2 Å². The highest BCUT2D eigenvalue weighted by Crippen LogP contribution is 2.14. The van der Waals surface area contributed by atoms with Gasteiger partial charge in [-0.1, -0.05) is 13.3 Å². The minimum atomic E-state index is 0.330. The van der Waals surface area contributed by atoms with Gasteiger partial charge in [0.15, 0.2) is 0 Å². The van der Waals surface area contributed by atoms with Crippen molar-refractivity contribution >= 4 is 0 Å². The van der Waals surface area contributed by atoms with Crippen LogP contribution in [-0.2, 0) is 19.4 Å². The van der Waals surface area contributed by atoms with E-state index in [1.807, 2.05) is 0 Å². The summed E-state index contributed by atoms with van der Waals surface area (Å²) >= 11 is 0. The second-order valence-corrected chi connectivity index (χ2v) is 3.85. The second kappa shape index (κ2) is 3.50. The van der Waals surface area contributed by atoms with Gasteiger partial charge < -0.3 is 10.3 Å². The number of imidazole rings is 1. The summed E-state index contributed by atoms with van der Waals surface area (Å²) in [4.78, 5) is 4.58. The Kier molecular flexibility index (Phi) is 2.36. The van der Waals surface area contributed by atoms with Crippen molar-refractivity contribution < 1.29 is 0 Å². The predicted molar refractivity (Wildman–Crippen MR) is 52.5 cm³/mol. The zero-order valence-corrected chi connectivity index (χ0v) is 8.16. The second-order valence-electron chi connectivity index (χ2n) is 3.85. The number of aromatic nitrogens is 2. The molecule has 1 unspecified atom stereocenters. The number of nitrogens with two attached hydrogens (primary N) is 1. The molecular formula is C10H17N3. The summed E-state index contributed by atoms with van der Waals surface area (Å²) in [6, 6.07) is 0.330. The number of hydrogen-bond acceptors (Lipinski definition) is 2. The molecule has 2 N–H and O–H groups in total. The molecule has 3 heteroatoms. The Hall–Kier alpha value is -0.830. The van der Waals surface area contributed by atoms with Gasteiger partial charge in [0, 0.05) is 25.2 Å². The standard InChI is InChI=1S/C10H17N3/c1-2-3-9-7-13-6-8(11)4-5-10(13)12-9/h7-8H,2-6,11H2,1H3. The third-order valence-corrected chi connectivity index (χ3v) is 2.59. The first-order valence-corrected chi connectivity index (χ1v) is 5.10. The van der Waals surface area contributed by atoms with Crippen LogP contribution >= 0.6 is 0 Å². The Morgan fingerprint density at radius 3 is 3.31 bits per heavy atom. The molecule has 0 aromatic carbocycles. The summed E-state index contributed by atoms with van der Waals surface area (Å²) in [5, 5.41) is 0. The fraction of sp³-hybridized carbons (Fsp3) is 0.700. The number of rotatable bonds is 2. The minimum absolute atomic E-state index is 0.330. The van der Waals surface area contributed by atoms with Gasteiger partial charge in [0.1, 0.15) is 5.82 Å². The van der Waals surface area contributed by atoms with Gasteiger partial charge in [-0.25, -0.2) is 4.98 Å². The van der Waals surface area contributed by atoms with Crippen LogP contribution in [0.5, 0.6) is 0 Å². The van der Waals surface area contributed by atoms with Gasteiger partial charge in [0.05, 0.1) is 5.69 Å². The van der Waals surface area contributed by atoms with Crippen molar-refractivity contribution in [3.63, 3.8) is 0 Å². The SMILES string of the molecule is CCCc1cn2c(n1)CCC(N)C2. The van der Waals surface area contributed by atoms with E-state index in [-0.39, 0.29) is 0 Å². The molecule has 1 aromatic heterocycles. The molecule has 2 rings (SSSR count). The molecule has 2 heterocycles. The largest absolute Gasteiger partial charge is 0.333 e. The van der Waals surface area contributed by atoms with Crippen molar-refractivity contribution in [2.75, 3.05) is 0 Å². The van der Waals surface area contributed by atoms with E-state index in [0.717, 1.165) is 25.8 Å². The molecule has 1 aliphatic heterocycles. The monoisotopic (exact) mass is 179 g/mol. The van der Waals surface area contributed by atoms with Gasteiger partial charge in [-0.15, -0.1) is 0 Å². The van der Waals surface area contributed by atoms with Gasteiger partial charge >= 0.3 is 0 Å². The fourth-order valence-corrected chi connectivity index (χ4v) is 1.91. The number of fused-ring (bicyclic) bond motifs is 1. The van der Waals surface area contributed by atoms with Crippen molar-refractivity contribution in [3.8, 4) is 0 Å². The van der Waals surface area contributed by atoms with E-state index < -0.39 is 0 Å². The molecule has 0 saturated heterocycles. The molecular weight excluding hydrogens is 162 g/mol. The van der Waals surface area contributed by atoms with Crippen molar-refractivity contribution in [1.82, 2.24) is 9.55 Å². The number of hydrogen-bond donors (Lipinski definition) is 1. The molecule has 0 spiro atoms. The van der Waals surface area contributed by atoms with Gasteiger partial charge in [0.2, 0.25) is 0 Å². The highest BCUT2D eigenvalue weighted by molar-refractivity contribution is 5.07. The quantitative estimate of drug-likeness (QED) is 0.739. The van der Waals surface area contributed by atoms with E-state index >= 15 is 0 Å². The fourth-order valence-electron chi connectivity index (χ4n) is 1.91. The Morgan fingerprint density at radius 2 is 2.54 bits per heavy atom. The summed E-state index contributed by atoms with van der Waals surface area (Å²) in [6.45, 7) is 3.14. The molecule has 0 amide bonds. The Balaban J connectivity index is 2.18. The maximum Gasteiger partial charge on any atom is 0.109 e. The molecule has 1 aliphatic rings. The van der Waals surface area contributed by atoms with Crippen LogP contribution in [0.4, 0.5) is 0 Å². The molecule has 0 aliphatic carbocycles. The van der Waals surface area contributed by atoms with Crippen LogP contribution in [0.2, 0.25) is 0 Å². The van der Waals surface area contributed by atoms with E-state index in [9.17, 15) is 0 Å². The van der Waals surface area contributed by atoms with Crippen LogP contribution < -0.4 is 5.73 Å². The van der Waals surface area contributed by atoms with Gasteiger partial charge in [-0.3, -0.25) is 0 Å². The zero-order valence-electron chi connectivity index (χ0n) is 8.16. The average molecular weight is 179 g/mol. The van der Waals surface area contributed by atoms with E-state index in [2.05, 4.69) is 22.7 Å². The predicted octanol–water partition coefficient (Wildman–Crippen LogP) is 1.11. The molecule has 1 atom stereocenters. The summed E-state index contributed by atoms with van der Waals surface area (Å²) in [5.74, 6) is 1.23. The van der Waals surface area contributed by atoms with Crippen LogP contribution in [-0.4, -0.2) is 15.6 Å². The summed E-state index contributed by atoms with van der Waals surface area (Å²) < 4.78 is 2.22. The topological polar surface area (TPSA) is 43.8 Å². The van der Waals surface area contributed by atoms with Gasteiger partial charge in [-0.2, -0.15) is 0 Å². The molecule has 13 heavy (non-hydrogen) atoms. The molecule has 0 fully saturated rings. The van der Waals surface area contributed by atoms with Crippen molar-refractivity contribution in [2.24, 2.45) is 5.73 Å². The lowest BCUT2D eigenvalue weighted by atomic mass is 10.1.